The summed E-state index contributed by atoms with van der Waals surface area (Å²) >= 11 is 0. The molecule has 0 radical (unpaired) electrons. The minimum atomic E-state index is -3.30. The molecule has 1 amide bonds. The van der Waals surface area contributed by atoms with Crippen molar-refractivity contribution in [2.75, 3.05) is 16.3 Å². The summed E-state index contributed by atoms with van der Waals surface area (Å²) in [6.07, 6.45) is 2.42. The molecule has 2 aromatic carbocycles. The fourth-order valence-electron chi connectivity index (χ4n) is 2.49. The zero-order valence-corrected chi connectivity index (χ0v) is 15.6. The van der Waals surface area contributed by atoms with E-state index in [0.29, 0.717) is 23.7 Å². The van der Waals surface area contributed by atoms with Gasteiger partial charge in [0, 0.05) is 11.4 Å². The summed E-state index contributed by atoms with van der Waals surface area (Å²) in [7, 11) is -3.30. The first-order chi connectivity index (χ1) is 11.7. The fraction of sp³-hybridized carbons (Fsp3) is 0.316. The van der Waals surface area contributed by atoms with Gasteiger partial charge in [0.25, 0.3) is 0 Å². The lowest BCUT2D eigenvalue weighted by atomic mass is 10.0. The van der Waals surface area contributed by atoms with Crippen molar-refractivity contribution < 1.29 is 13.2 Å². The van der Waals surface area contributed by atoms with Crippen molar-refractivity contribution in [1.82, 2.24) is 0 Å². The molecule has 0 saturated heterocycles. The van der Waals surface area contributed by atoms with Crippen molar-refractivity contribution in [1.29, 1.82) is 0 Å². The quantitative estimate of drug-likeness (QED) is 0.794. The summed E-state index contributed by atoms with van der Waals surface area (Å²) in [6.45, 7) is 4.36. The van der Waals surface area contributed by atoms with Crippen LogP contribution in [0.2, 0.25) is 0 Å². The standard InChI is InChI=1S/C19H24N2O3S/c1-14(2)12-15-4-6-16(7-5-15)13-19(22)20-17-8-10-18(11-9-17)21-25(3,23)24/h4-11,14,21H,12-13H2,1-3H3,(H,20,22). The summed E-state index contributed by atoms with van der Waals surface area (Å²) in [5.41, 5.74) is 3.32. The maximum Gasteiger partial charge on any atom is 0.229 e. The van der Waals surface area contributed by atoms with Gasteiger partial charge in [-0.1, -0.05) is 38.1 Å². The van der Waals surface area contributed by atoms with Gasteiger partial charge in [-0.3, -0.25) is 9.52 Å². The van der Waals surface area contributed by atoms with Gasteiger partial charge in [-0.2, -0.15) is 0 Å². The molecule has 6 heteroatoms. The SMILES string of the molecule is CC(C)Cc1ccc(CC(=O)Nc2ccc(NS(C)(=O)=O)cc2)cc1. The summed E-state index contributed by atoms with van der Waals surface area (Å²) in [4.78, 5) is 12.1. The van der Waals surface area contributed by atoms with Crippen LogP contribution < -0.4 is 10.0 Å². The van der Waals surface area contributed by atoms with E-state index in [2.05, 4.69) is 36.0 Å². The van der Waals surface area contributed by atoms with Gasteiger partial charge in [0.2, 0.25) is 15.9 Å². The Kier molecular flexibility index (Phi) is 6.20. The molecule has 2 rings (SSSR count). The molecule has 0 aliphatic heterocycles. The van der Waals surface area contributed by atoms with Gasteiger partial charge >= 0.3 is 0 Å². The zero-order valence-electron chi connectivity index (χ0n) is 14.7. The largest absolute Gasteiger partial charge is 0.326 e. The van der Waals surface area contributed by atoms with E-state index in [1.807, 2.05) is 12.1 Å². The average molecular weight is 360 g/mol. The molecule has 0 aliphatic rings. The van der Waals surface area contributed by atoms with Gasteiger partial charge < -0.3 is 5.32 Å². The minimum absolute atomic E-state index is 0.111. The number of hydrogen-bond acceptors (Lipinski definition) is 3. The van der Waals surface area contributed by atoms with Crippen LogP contribution in [0.3, 0.4) is 0 Å². The van der Waals surface area contributed by atoms with E-state index in [1.165, 1.54) is 5.56 Å². The predicted octanol–water partition coefficient (Wildman–Crippen LogP) is 3.44. The summed E-state index contributed by atoms with van der Waals surface area (Å²) < 4.78 is 24.7. The molecular weight excluding hydrogens is 336 g/mol. The van der Waals surface area contributed by atoms with Crippen LogP contribution in [0.25, 0.3) is 0 Å². The van der Waals surface area contributed by atoms with Gasteiger partial charge in [0.05, 0.1) is 12.7 Å². The highest BCUT2D eigenvalue weighted by Gasteiger charge is 2.06. The van der Waals surface area contributed by atoms with Gasteiger partial charge in [0.15, 0.2) is 0 Å². The molecule has 5 nitrogen and oxygen atoms in total. The second-order valence-corrected chi connectivity index (χ2v) is 8.34. The Morgan fingerprint density at radius 3 is 1.96 bits per heavy atom. The molecular formula is C19H24N2O3S. The van der Waals surface area contributed by atoms with Crippen LogP contribution >= 0.6 is 0 Å². The van der Waals surface area contributed by atoms with Crippen LogP contribution in [0.1, 0.15) is 25.0 Å². The molecule has 0 unspecified atom stereocenters. The molecule has 0 aromatic heterocycles. The lowest BCUT2D eigenvalue weighted by Gasteiger charge is -2.09. The molecule has 0 aliphatic carbocycles. The number of nitrogens with one attached hydrogen (secondary N) is 2. The average Bonchev–Trinajstić information content (AvgIpc) is 2.49. The van der Waals surface area contributed by atoms with E-state index < -0.39 is 10.0 Å². The third kappa shape index (κ3) is 6.97. The molecule has 0 spiro atoms. The van der Waals surface area contributed by atoms with Crippen LogP contribution in [0.15, 0.2) is 48.5 Å². The Bertz CT molecular complexity index is 811. The van der Waals surface area contributed by atoms with Crippen molar-refractivity contribution in [3.8, 4) is 0 Å². The number of anilines is 2. The normalized spacial score (nSPS) is 11.4. The molecule has 2 aromatic rings. The van der Waals surface area contributed by atoms with Gasteiger partial charge in [0.1, 0.15) is 0 Å². The van der Waals surface area contributed by atoms with Crippen molar-refractivity contribution in [3.05, 3.63) is 59.7 Å². The van der Waals surface area contributed by atoms with Crippen molar-refractivity contribution in [2.24, 2.45) is 5.92 Å². The van der Waals surface area contributed by atoms with Gasteiger partial charge in [-0.15, -0.1) is 0 Å². The number of benzene rings is 2. The van der Waals surface area contributed by atoms with Crippen LogP contribution in [0, 0.1) is 5.92 Å². The van der Waals surface area contributed by atoms with Gasteiger partial charge in [-0.05, 0) is 47.7 Å². The number of carbonyl (C=O) groups is 1. The molecule has 2 N–H and O–H groups in total. The minimum Gasteiger partial charge on any atom is -0.326 e. The highest BCUT2D eigenvalue weighted by molar-refractivity contribution is 7.92. The molecule has 0 heterocycles. The molecule has 134 valence electrons. The van der Waals surface area contributed by atoms with E-state index in [-0.39, 0.29) is 5.91 Å². The van der Waals surface area contributed by atoms with Crippen LogP contribution in [-0.4, -0.2) is 20.6 Å². The smallest absolute Gasteiger partial charge is 0.229 e. The Labute approximate surface area is 149 Å². The monoisotopic (exact) mass is 360 g/mol. The van der Waals surface area contributed by atoms with E-state index in [1.54, 1.807) is 24.3 Å². The highest BCUT2D eigenvalue weighted by Crippen LogP contribution is 2.15. The lowest BCUT2D eigenvalue weighted by molar-refractivity contribution is -0.115. The zero-order chi connectivity index (χ0) is 18.4. The highest BCUT2D eigenvalue weighted by atomic mass is 32.2. The molecule has 0 atom stereocenters. The van der Waals surface area contributed by atoms with E-state index in [4.69, 9.17) is 0 Å². The van der Waals surface area contributed by atoms with Crippen LogP contribution in [-0.2, 0) is 27.7 Å². The summed E-state index contributed by atoms with van der Waals surface area (Å²) in [6, 6.07) is 14.6. The fourth-order valence-corrected chi connectivity index (χ4v) is 3.06. The Balaban J connectivity index is 1.91. The third-order valence-electron chi connectivity index (χ3n) is 3.50. The molecule has 0 saturated carbocycles. The first-order valence-corrected chi connectivity index (χ1v) is 10.1. The number of hydrogen-bond donors (Lipinski definition) is 2. The van der Waals surface area contributed by atoms with E-state index in [0.717, 1.165) is 18.2 Å². The summed E-state index contributed by atoms with van der Waals surface area (Å²) in [5, 5.41) is 2.81. The number of amides is 1. The van der Waals surface area contributed by atoms with E-state index in [9.17, 15) is 13.2 Å². The van der Waals surface area contributed by atoms with Crippen molar-refractivity contribution in [3.63, 3.8) is 0 Å². The van der Waals surface area contributed by atoms with Crippen molar-refractivity contribution in [2.45, 2.75) is 26.7 Å². The van der Waals surface area contributed by atoms with Crippen molar-refractivity contribution >= 4 is 27.3 Å². The molecule has 0 bridgehead atoms. The summed E-state index contributed by atoms with van der Waals surface area (Å²) in [5.74, 6) is 0.495. The molecule has 25 heavy (non-hydrogen) atoms. The first-order valence-electron chi connectivity index (χ1n) is 8.17. The van der Waals surface area contributed by atoms with Crippen LogP contribution in [0.5, 0.6) is 0 Å². The Hall–Kier alpha value is -2.34. The second-order valence-electron chi connectivity index (χ2n) is 6.59. The Morgan fingerprint density at radius 1 is 0.920 bits per heavy atom. The topological polar surface area (TPSA) is 75.3 Å². The Morgan fingerprint density at radius 2 is 1.44 bits per heavy atom. The van der Waals surface area contributed by atoms with Crippen LogP contribution in [0.4, 0.5) is 11.4 Å². The lowest BCUT2D eigenvalue weighted by Crippen LogP contribution is -2.14. The number of carbonyl (C=O) groups excluding carboxylic acids is 1. The molecule has 0 fully saturated rings. The first kappa shape index (κ1) is 19.0. The number of sulfonamides is 1. The predicted molar refractivity (Wildman–Crippen MR) is 102 cm³/mol. The maximum atomic E-state index is 12.1. The second kappa shape index (κ2) is 8.16. The maximum absolute atomic E-state index is 12.1. The number of rotatable bonds is 7. The van der Waals surface area contributed by atoms with E-state index >= 15 is 0 Å². The van der Waals surface area contributed by atoms with Gasteiger partial charge in [-0.25, -0.2) is 8.42 Å². The third-order valence-corrected chi connectivity index (χ3v) is 4.11.